The van der Waals surface area contributed by atoms with Gasteiger partial charge in [-0.15, -0.1) is 0 Å². The number of rotatable bonds is 6. The van der Waals surface area contributed by atoms with E-state index in [1.807, 2.05) is 0 Å². The summed E-state index contributed by atoms with van der Waals surface area (Å²) in [5.74, 6) is 0. The molecule has 0 amide bonds. The van der Waals surface area contributed by atoms with E-state index in [0.29, 0.717) is 5.56 Å². The van der Waals surface area contributed by atoms with Gasteiger partial charge < -0.3 is 0 Å². The number of hydrogen-bond acceptors (Lipinski definition) is 6. The molecule has 0 atom stereocenters. The SMILES string of the molecule is O=[N+]([O-])c1ccc(CNS(=O)(=O)c2ccccc2[N+](=O)[O-])cc1. The molecule has 23 heavy (non-hydrogen) atoms. The second-order valence-corrected chi connectivity index (χ2v) is 6.21. The summed E-state index contributed by atoms with van der Waals surface area (Å²) in [6, 6.07) is 10.3. The van der Waals surface area contributed by atoms with Gasteiger partial charge >= 0.3 is 0 Å². The smallest absolute Gasteiger partial charge is 0.258 e. The van der Waals surface area contributed by atoms with Crippen LogP contribution in [-0.2, 0) is 16.6 Å². The number of nitrogens with one attached hydrogen (secondary N) is 1. The van der Waals surface area contributed by atoms with E-state index in [0.717, 1.165) is 12.1 Å². The van der Waals surface area contributed by atoms with Crippen LogP contribution < -0.4 is 4.72 Å². The third-order valence-electron chi connectivity index (χ3n) is 2.96. The third-order valence-corrected chi connectivity index (χ3v) is 4.41. The zero-order chi connectivity index (χ0) is 17.0. The van der Waals surface area contributed by atoms with E-state index < -0.39 is 30.5 Å². The fourth-order valence-electron chi connectivity index (χ4n) is 1.83. The topological polar surface area (TPSA) is 132 Å². The first-order valence-corrected chi connectivity index (χ1v) is 7.76. The Labute approximate surface area is 130 Å². The number of nitrogens with zero attached hydrogens (tertiary/aromatic N) is 2. The summed E-state index contributed by atoms with van der Waals surface area (Å²) in [7, 11) is -4.09. The van der Waals surface area contributed by atoms with Gasteiger partial charge in [0.05, 0.1) is 9.85 Å². The maximum atomic E-state index is 12.2. The number of non-ortho nitro benzene ring substituents is 1. The summed E-state index contributed by atoms with van der Waals surface area (Å²) in [6.07, 6.45) is 0. The van der Waals surface area contributed by atoms with Crippen molar-refractivity contribution in [2.75, 3.05) is 0 Å². The molecule has 2 aromatic carbocycles. The average molecular weight is 337 g/mol. The van der Waals surface area contributed by atoms with Gasteiger partial charge in [-0.25, -0.2) is 13.1 Å². The second kappa shape index (κ2) is 6.50. The standard InChI is InChI=1S/C13H11N3O6S/c17-15(18)11-7-5-10(6-8-11)9-14-23(21,22)13-4-2-1-3-12(13)16(19)20/h1-8,14H,9H2. The second-order valence-electron chi connectivity index (χ2n) is 4.47. The van der Waals surface area contributed by atoms with Crippen molar-refractivity contribution in [2.24, 2.45) is 0 Å². The summed E-state index contributed by atoms with van der Waals surface area (Å²) in [6.45, 7) is -0.146. The van der Waals surface area contributed by atoms with Gasteiger partial charge in [-0.1, -0.05) is 24.3 Å². The Kier molecular flexibility index (Phi) is 4.67. The molecule has 1 N–H and O–H groups in total. The number of benzene rings is 2. The third kappa shape index (κ3) is 3.87. The largest absolute Gasteiger partial charge is 0.289 e. The van der Waals surface area contributed by atoms with E-state index in [2.05, 4.69) is 4.72 Å². The van der Waals surface area contributed by atoms with Crippen LogP contribution in [0.25, 0.3) is 0 Å². The Hall–Kier alpha value is -2.85. The number of nitro groups is 2. The van der Waals surface area contributed by atoms with Gasteiger partial charge in [0.15, 0.2) is 4.90 Å². The summed E-state index contributed by atoms with van der Waals surface area (Å²) in [5, 5.41) is 21.4. The lowest BCUT2D eigenvalue weighted by molar-refractivity contribution is -0.387. The molecule has 0 spiro atoms. The van der Waals surface area contributed by atoms with Gasteiger partial charge in [0.25, 0.3) is 11.4 Å². The van der Waals surface area contributed by atoms with Crippen molar-refractivity contribution in [1.82, 2.24) is 4.72 Å². The van der Waals surface area contributed by atoms with Crippen molar-refractivity contribution < 1.29 is 18.3 Å². The highest BCUT2D eigenvalue weighted by Crippen LogP contribution is 2.23. The Morgan fingerprint density at radius 1 is 0.913 bits per heavy atom. The summed E-state index contributed by atoms with van der Waals surface area (Å²) >= 11 is 0. The zero-order valence-electron chi connectivity index (χ0n) is 11.6. The zero-order valence-corrected chi connectivity index (χ0v) is 12.4. The van der Waals surface area contributed by atoms with Crippen LogP contribution in [0, 0.1) is 20.2 Å². The van der Waals surface area contributed by atoms with E-state index in [9.17, 15) is 28.6 Å². The van der Waals surface area contributed by atoms with Crippen LogP contribution in [0.1, 0.15) is 5.56 Å². The molecule has 9 nitrogen and oxygen atoms in total. The minimum Gasteiger partial charge on any atom is -0.258 e. The van der Waals surface area contributed by atoms with Gasteiger partial charge in [-0.2, -0.15) is 0 Å². The molecule has 0 saturated carbocycles. The molecule has 0 unspecified atom stereocenters. The molecular weight excluding hydrogens is 326 g/mol. The first-order valence-electron chi connectivity index (χ1n) is 6.27. The van der Waals surface area contributed by atoms with Crippen molar-refractivity contribution >= 4 is 21.4 Å². The van der Waals surface area contributed by atoms with Crippen LogP contribution in [0.5, 0.6) is 0 Å². The Bertz CT molecular complexity index is 848. The lowest BCUT2D eigenvalue weighted by Gasteiger charge is -2.07. The predicted octanol–water partition coefficient (Wildman–Crippen LogP) is 1.98. The minimum absolute atomic E-state index is 0.115. The van der Waals surface area contributed by atoms with Crippen LogP contribution in [0.4, 0.5) is 11.4 Å². The van der Waals surface area contributed by atoms with Crippen LogP contribution in [0.15, 0.2) is 53.4 Å². The lowest BCUT2D eigenvalue weighted by atomic mass is 10.2. The molecular formula is C13H11N3O6S. The molecule has 0 radical (unpaired) electrons. The number of nitro benzene ring substituents is 2. The fourth-order valence-corrected chi connectivity index (χ4v) is 3.01. The van der Waals surface area contributed by atoms with Crippen molar-refractivity contribution in [3.05, 3.63) is 74.3 Å². The number of hydrogen-bond donors (Lipinski definition) is 1. The highest BCUT2D eigenvalue weighted by atomic mass is 32.2. The molecule has 0 aromatic heterocycles. The molecule has 0 bridgehead atoms. The van der Waals surface area contributed by atoms with Crippen molar-refractivity contribution in [3.8, 4) is 0 Å². The van der Waals surface area contributed by atoms with Crippen LogP contribution >= 0.6 is 0 Å². The van der Waals surface area contributed by atoms with Gasteiger partial charge in [-0.05, 0) is 11.6 Å². The molecule has 0 fully saturated rings. The molecule has 0 heterocycles. The Morgan fingerprint density at radius 2 is 1.52 bits per heavy atom. The quantitative estimate of drug-likeness (QED) is 0.633. The van der Waals surface area contributed by atoms with Crippen molar-refractivity contribution in [1.29, 1.82) is 0 Å². The molecule has 2 rings (SSSR count). The molecule has 10 heteroatoms. The maximum Gasteiger partial charge on any atom is 0.289 e. The molecule has 0 aliphatic heterocycles. The van der Waals surface area contributed by atoms with Crippen LogP contribution in [0.2, 0.25) is 0 Å². The molecule has 0 aliphatic rings. The molecule has 2 aromatic rings. The van der Waals surface area contributed by atoms with E-state index in [4.69, 9.17) is 0 Å². The van der Waals surface area contributed by atoms with Gasteiger partial charge in [0.1, 0.15) is 0 Å². The fraction of sp³-hybridized carbons (Fsp3) is 0.0769. The maximum absolute atomic E-state index is 12.2. The number of sulfonamides is 1. The first-order chi connectivity index (χ1) is 10.8. The molecule has 0 saturated heterocycles. The van der Waals surface area contributed by atoms with E-state index >= 15 is 0 Å². The van der Waals surface area contributed by atoms with Crippen LogP contribution in [0.3, 0.4) is 0 Å². The summed E-state index contributed by atoms with van der Waals surface area (Å²) in [4.78, 5) is 19.7. The van der Waals surface area contributed by atoms with E-state index in [1.165, 1.54) is 36.4 Å². The van der Waals surface area contributed by atoms with E-state index in [1.54, 1.807) is 0 Å². The first kappa shape index (κ1) is 16.5. The Balaban J connectivity index is 2.19. The highest BCUT2D eigenvalue weighted by molar-refractivity contribution is 7.89. The van der Waals surface area contributed by atoms with Crippen molar-refractivity contribution in [2.45, 2.75) is 11.4 Å². The van der Waals surface area contributed by atoms with E-state index in [-0.39, 0.29) is 12.2 Å². The van der Waals surface area contributed by atoms with Gasteiger partial charge in [0.2, 0.25) is 10.0 Å². The number of para-hydroxylation sites is 1. The highest BCUT2D eigenvalue weighted by Gasteiger charge is 2.24. The van der Waals surface area contributed by atoms with Gasteiger partial charge in [0, 0.05) is 24.7 Å². The summed E-state index contributed by atoms with van der Waals surface area (Å²) < 4.78 is 26.6. The molecule has 120 valence electrons. The molecule has 0 aliphatic carbocycles. The monoisotopic (exact) mass is 337 g/mol. The lowest BCUT2D eigenvalue weighted by Crippen LogP contribution is -2.24. The Morgan fingerprint density at radius 3 is 2.09 bits per heavy atom. The average Bonchev–Trinajstić information content (AvgIpc) is 2.53. The van der Waals surface area contributed by atoms with Crippen molar-refractivity contribution in [3.63, 3.8) is 0 Å². The van der Waals surface area contributed by atoms with Gasteiger partial charge in [-0.3, -0.25) is 20.2 Å². The minimum atomic E-state index is -4.09. The van der Waals surface area contributed by atoms with Crippen LogP contribution in [-0.4, -0.2) is 18.3 Å². The summed E-state index contributed by atoms with van der Waals surface area (Å²) in [5.41, 5.74) is -0.156. The normalized spacial score (nSPS) is 11.1. The predicted molar refractivity (Wildman–Crippen MR) is 80.2 cm³/mol.